The molecule has 0 spiro atoms. The van der Waals surface area contributed by atoms with E-state index in [2.05, 4.69) is 65.2 Å². The van der Waals surface area contributed by atoms with E-state index in [9.17, 15) is 0 Å². The topological polar surface area (TPSA) is 52.6 Å². The maximum atomic E-state index is 9.01. The van der Waals surface area contributed by atoms with Crippen molar-refractivity contribution in [3.63, 3.8) is 0 Å². The van der Waals surface area contributed by atoms with E-state index in [1.165, 1.54) is 22.5 Å². The van der Waals surface area contributed by atoms with Crippen LogP contribution in [-0.2, 0) is 0 Å². The first-order valence-electron chi connectivity index (χ1n) is 10.2. The van der Waals surface area contributed by atoms with Crippen LogP contribution in [0.15, 0.2) is 102 Å². The molecule has 5 aromatic rings. The monoisotopic (exact) mass is 417 g/mol. The number of nitrogens with zero attached hydrogens (tertiary/aromatic N) is 1. The zero-order valence-electron chi connectivity index (χ0n) is 16.7. The summed E-state index contributed by atoms with van der Waals surface area (Å²) in [5, 5.41) is 20.4. The lowest BCUT2D eigenvalue weighted by atomic mass is 9.90. The zero-order chi connectivity index (χ0) is 20.9. The highest BCUT2D eigenvalue weighted by Crippen LogP contribution is 2.43. The molecule has 1 aromatic heterocycles. The molecule has 0 saturated heterocycles. The molecule has 0 bridgehead atoms. The highest BCUT2D eigenvalue weighted by molar-refractivity contribution is 8.14. The van der Waals surface area contributed by atoms with Crippen LogP contribution in [0.4, 0.5) is 0 Å². The van der Waals surface area contributed by atoms with Crippen molar-refractivity contribution in [3.05, 3.63) is 108 Å². The molecule has 0 aliphatic carbocycles. The Labute approximate surface area is 184 Å². The van der Waals surface area contributed by atoms with E-state index in [0.29, 0.717) is 10.8 Å². The molecule has 2 N–H and O–H groups in total. The minimum absolute atomic E-state index is 0.298. The van der Waals surface area contributed by atoms with Crippen molar-refractivity contribution < 1.29 is 0 Å². The summed E-state index contributed by atoms with van der Waals surface area (Å²) in [6.45, 7) is 0. The molecule has 0 saturated carbocycles. The van der Waals surface area contributed by atoms with Crippen molar-refractivity contribution in [3.8, 4) is 5.69 Å². The summed E-state index contributed by atoms with van der Waals surface area (Å²) in [6, 6.07) is 33.1. The smallest absolute Gasteiger partial charge is 0.0824 e. The first-order chi connectivity index (χ1) is 15.2. The second kappa shape index (κ2) is 6.96. The van der Waals surface area contributed by atoms with Gasteiger partial charge in [-0.2, -0.15) is 0 Å². The molecule has 6 rings (SSSR count). The van der Waals surface area contributed by atoms with E-state index in [4.69, 9.17) is 10.8 Å². The van der Waals surface area contributed by atoms with Gasteiger partial charge in [0, 0.05) is 21.4 Å². The van der Waals surface area contributed by atoms with Crippen molar-refractivity contribution in [2.24, 2.45) is 0 Å². The Balaban J connectivity index is 1.56. The summed E-state index contributed by atoms with van der Waals surface area (Å²) >= 11 is 1.47. The van der Waals surface area contributed by atoms with E-state index in [1.54, 1.807) is 0 Å². The largest absolute Gasteiger partial charge is 0.309 e. The Morgan fingerprint density at radius 1 is 0.742 bits per heavy atom. The fraction of sp³-hybridized carbons (Fsp3) is 0.0370. The number of aromatic nitrogens is 1. The number of benzene rings is 4. The summed E-state index contributed by atoms with van der Waals surface area (Å²) in [5.74, 6) is -0.298. The van der Waals surface area contributed by atoms with Crippen LogP contribution < -0.4 is 0 Å². The molecular formula is C27H19N3S. The van der Waals surface area contributed by atoms with Crippen molar-refractivity contribution in [2.75, 3.05) is 0 Å². The van der Waals surface area contributed by atoms with Gasteiger partial charge in [-0.05, 0) is 41.5 Å². The predicted octanol–water partition coefficient (Wildman–Crippen LogP) is 7.02. The maximum Gasteiger partial charge on any atom is 0.0824 e. The van der Waals surface area contributed by atoms with Gasteiger partial charge in [0.25, 0.3) is 0 Å². The highest BCUT2D eigenvalue weighted by atomic mass is 32.2. The number of nitrogens with one attached hydrogen (secondary N) is 2. The SMILES string of the molecule is N=C1Sc2ccccc2C1C(=N)c1ccc2c3ccccc3n(-c3ccccc3)c2c1. The third-order valence-electron chi connectivity index (χ3n) is 6.00. The molecule has 3 nitrogen and oxygen atoms in total. The Hall–Kier alpha value is -3.63. The van der Waals surface area contributed by atoms with Crippen LogP contribution in [0.5, 0.6) is 0 Å². The average molecular weight is 418 g/mol. The number of fused-ring (bicyclic) bond motifs is 4. The quantitative estimate of drug-likeness (QED) is 0.305. The van der Waals surface area contributed by atoms with Crippen molar-refractivity contribution in [1.82, 2.24) is 4.57 Å². The number of rotatable bonds is 3. The molecule has 0 amide bonds. The number of hydrogen-bond acceptors (Lipinski definition) is 3. The minimum atomic E-state index is -0.298. The van der Waals surface area contributed by atoms with Gasteiger partial charge in [-0.1, -0.05) is 78.5 Å². The first-order valence-corrected chi connectivity index (χ1v) is 11.1. The average Bonchev–Trinajstić information content (AvgIpc) is 3.32. The Kier molecular flexibility index (Phi) is 4.08. The molecule has 31 heavy (non-hydrogen) atoms. The molecule has 0 fully saturated rings. The van der Waals surface area contributed by atoms with Crippen LogP contribution in [0.3, 0.4) is 0 Å². The number of hydrogen-bond donors (Lipinski definition) is 2. The Morgan fingerprint density at radius 3 is 2.32 bits per heavy atom. The molecule has 4 aromatic carbocycles. The summed E-state index contributed by atoms with van der Waals surface area (Å²) in [4.78, 5) is 1.08. The van der Waals surface area contributed by atoms with Gasteiger partial charge in [0.1, 0.15) is 0 Å². The molecule has 4 heteroatoms. The van der Waals surface area contributed by atoms with E-state index in [0.717, 1.165) is 32.7 Å². The van der Waals surface area contributed by atoms with Crippen LogP contribution in [0.1, 0.15) is 17.0 Å². The summed E-state index contributed by atoms with van der Waals surface area (Å²) in [7, 11) is 0. The highest BCUT2D eigenvalue weighted by Gasteiger charge is 2.32. The number of para-hydroxylation sites is 2. The van der Waals surface area contributed by atoms with Gasteiger partial charge in [0.05, 0.1) is 27.7 Å². The lowest BCUT2D eigenvalue weighted by molar-refractivity contribution is 1.13. The molecule has 1 aliphatic rings. The van der Waals surface area contributed by atoms with Crippen LogP contribution in [0, 0.1) is 10.8 Å². The van der Waals surface area contributed by atoms with E-state index in [1.807, 2.05) is 36.4 Å². The molecule has 1 aliphatic heterocycles. The molecule has 148 valence electrons. The molecule has 1 unspecified atom stereocenters. The fourth-order valence-electron chi connectivity index (χ4n) is 4.58. The van der Waals surface area contributed by atoms with Gasteiger partial charge in [-0.3, -0.25) is 5.41 Å². The van der Waals surface area contributed by atoms with Crippen LogP contribution >= 0.6 is 11.8 Å². The summed E-state index contributed by atoms with van der Waals surface area (Å²) in [6.07, 6.45) is 0. The fourth-order valence-corrected chi connectivity index (χ4v) is 5.63. The van der Waals surface area contributed by atoms with Gasteiger partial charge in [-0.15, -0.1) is 0 Å². The second-order valence-electron chi connectivity index (χ2n) is 7.77. The van der Waals surface area contributed by atoms with E-state index >= 15 is 0 Å². The lowest BCUT2D eigenvalue weighted by Gasteiger charge is -2.14. The second-order valence-corrected chi connectivity index (χ2v) is 8.85. The Morgan fingerprint density at radius 2 is 1.45 bits per heavy atom. The first kappa shape index (κ1) is 18.2. The van der Waals surface area contributed by atoms with Gasteiger partial charge >= 0.3 is 0 Å². The molecule has 2 heterocycles. The minimum Gasteiger partial charge on any atom is -0.309 e. The van der Waals surface area contributed by atoms with Gasteiger partial charge in [-0.25, -0.2) is 0 Å². The van der Waals surface area contributed by atoms with Crippen molar-refractivity contribution in [2.45, 2.75) is 10.8 Å². The van der Waals surface area contributed by atoms with E-state index in [-0.39, 0.29) is 5.92 Å². The summed E-state index contributed by atoms with van der Waals surface area (Å²) < 4.78 is 2.27. The van der Waals surface area contributed by atoms with Crippen LogP contribution in [-0.4, -0.2) is 15.3 Å². The van der Waals surface area contributed by atoms with E-state index < -0.39 is 0 Å². The van der Waals surface area contributed by atoms with Crippen molar-refractivity contribution >= 4 is 44.3 Å². The lowest BCUT2D eigenvalue weighted by Crippen LogP contribution is -2.16. The molecular weight excluding hydrogens is 398 g/mol. The van der Waals surface area contributed by atoms with Gasteiger partial charge in [0.15, 0.2) is 0 Å². The molecule has 1 atom stereocenters. The Bertz CT molecular complexity index is 1500. The van der Waals surface area contributed by atoms with Gasteiger partial charge < -0.3 is 9.98 Å². The normalized spacial score (nSPS) is 15.5. The maximum absolute atomic E-state index is 9.01. The number of thioether (sulfide) groups is 1. The van der Waals surface area contributed by atoms with Crippen LogP contribution in [0.25, 0.3) is 27.5 Å². The van der Waals surface area contributed by atoms with Gasteiger partial charge in [0.2, 0.25) is 0 Å². The standard InChI is InChI=1S/C27H19N3S/c28-26(25-21-11-5-7-13-24(21)31-27(25)29)17-14-15-20-19-10-4-6-12-22(19)30(23(20)16-17)18-8-2-1-3-9-18/h1-16,25,28-29H. The molecule has 0 radical (unpaired) electrons. The predicted molar refractivity (Wildman–Crippen MR) is 130 cm³/mol. The zero-order valence-corrected chi connectivity index (χ0v) is 17.5. The third kappa shape index (κ3) is 2.76. The third-order valence-corrected chi connectivity index (χ3v) is 7.05. The van der Waals surface area contributed by atoms with Crippen molar-refractivity contribution in [1.29, 1.82) is 10.8 Å². The summed E-state index contributed by atoms with van der Waals surface area (Å²) in [5.41, 5.74) is 5.74. The van der Waals surface area contributed by atoms with Crippen LogP contribution in [0.2, 0.25) is 0 Å².